The monoisotopic (exact) mass is 267 g/mol. The van der Waals surface area contributed by atoms with Gasteiger partial charge in [0.2, 0.25) is 0 Å². The van der Waals surface area contributed by atoms with Gasteiger partial charge in [-0.15, -0.1) is 0 Å². The molecule has 3 aromatic rings. The number of nitrogens with zero attached hydrogens (tertiary/aromatic N) is 2. The number of anilines is 1. The van der Waals surface area contributed by atoms with E-state index >= 15 is 0 Å². The Kier molecular flexibility index (Phi) is 3.01. The first-order valence-electron chi connectivity index (χ1n) is 5.96. The molecule has 0 saturated carbocycles. The minimum Gasteiger partial charge on any atom is -0.382 e. The van der Waals surface area contributed by atoms with Crippen molar-refractivity contribution in [3.63, 3.8) is 0 Å². The maximum absolute atomic E-state index is 5.91. The van der Waals surface area contributed by atoms with Gasteiger partial charge in [-0.05, 0) is 18.4 Å². The third-order valence-electron chi connectivity index (χ3n) is 2.94. The van der Waals surface area contributed by atoms with E-state index < -0.39 is 0 Å². The van der Waals surface area contributed by atoms with Crippen LogP contribution < -0.4 is 5.73 Å². The van der Waals surface area contributed by atoms with Crippen LogP contribution in [-0.2, 0) is 0 Å². The Balaban J connectivity index is 2.09. The molecule has 0 radical (unpaired) electrons. The Morgan fingerprint density at radius 2 is 1.84 bits per heavy atom. The molecular weight excluding hydrogens is 254 g/mol. The zero-order valence-corrected chi connectivity index (χ0v) is 11.3. The zero-order chi connectivity index (χ0) is 13.2. The van der Waals surface area contributed by atoms with Crippen LogP contribution in [0.2, 0.25) is 0 Å². The molecule has 0 spiro atoms. The van der Waals surface area contributed by atoms with Gasteiger partial charge in [0.05, 0.1) is 11.9 Å². The van der Waals surface area contributed by atoms with Crippen molar-refractivity contribution in [2.24, 2.45) is 0 Å². The van der Waals surface area contributed by atoms with Gasteiger partial charge in [-0.2, -0.15) is 11.3 Å². The van der Waals surface area contributed by atoms with Gasteiger partial charge in [-0.1, -0.05) is 29.8 Å². The third-order valence-corrected chi connectivity index (χ3v) is 3.63. The highest BCUT2D eigenvalue weighted by molar-refractivity contribution is 7.08. The first-order chi connectivity index (χ1) is 9.24. The van der Waals surface area contributed by atoms with E-state index in [0.717, 1.165) is 22.5 Å². The normalized spacial score (nSPS) is 10.6. The molecule has 0 bridgehead atoms. The maximum Gasteiger partial charge on any atom is 0.150 e. The fourth-order valence-corrected chi connectivity index (χ4v) is 2.51. The van der Waals surface area contributed by atoms with Crippen molar-refractivity contribution in [3.8, 4) is 22.5 Å². The molecule has 94 valence electrons. The highest BCUT2D eigenvalue weighted by Crippen LogP contribution is 2.27. The molecule has 0 fully saturated rings. The average molecular weight is 267 g/mol. The van der Waals surface area contributed by atoms with Crippen LogP contribution in [0.25, 0.3) is 22.5 Å². The Morgan fingerprint density at radius 3 is 2.53 bits per heavy atom. The number of thiophene rings is 1. The van der Waals surface area contributed by atoms with Gasteiger partial charge in [0.25, 0.3) is 0 Å². The standard InChI is InChI=1S/C15H13N3S/c1-10-2-4-11(5-3-10)13-8-17-15(16)14(18-13)12-6-7-19-9-12/h2-9H,1H3,(H2,16,17). The van der Waals surface area contributed by atoms with E-state index in [9.17, 15) is 0 Å². The zero-order valence-electron chi connectivity index (χ0n) is 10.5. The fourth-order valence-electron chi connectivity index (χ4n) is 1.87. The van der Waals surface area contributed by atoms with Crippen molar-refractivity contribution >= 4 is 17.2 Å². The molecule has 4 heteroatoms. The number of hydrogen-bond donors (Lipinski definition) is 1. The SMILES string of the molecule is Cc1ccc(-c2cnc(N)c(-c3ccsc3)n2)cc1. The summed E-state index contributed by atoms with van der Waals surface area (Å²) in [5, 5.41) is 4.04. The number of nitrogens with two attached hydrogens (primary N) is 1. The summed E-state index contributed by atoms with van der Waals surface area (Å²) in [7, 11) is 0. The smallest absolute Gasteiger partial charge is 0.150 e. The van der Waals surface area contributed by atoms with Crippen LogP contribution in [0.4, 0.5) is 5.82 Å². The highest BCUT2D eigenvalue weighted by Gasteiger charge is 2.09. The molecule has 0 aliphatic rings. The quantitative estimate of drug-likeness (QED) is 0.769. The van der Waals surface area contributed by atoms with Crippen LogP contribution in [0.1, 0.15) is 5.56 Å². The first-order valence-corrected chi connectivity index (χ1v) is 6.90. The maximum atomic E-state index is 5.91. The van der Waals surface area contributed by atoms with Crippen molar-refractivity contribution in [2.45, 2.75) is 6.92 Å². The summed E-state index contributed by atoms with van der Waals surface area (Å²) in [4.78, 5) is 8.89. The summed E-state index contributed by atoms with van der Waals surface area (Å²) in [5.74, 6) is 0.467. The van der Waals surface area contributed by atoms with E-state index in [4.69, 9.17) is 5.73 Å². The molecular formula is C15H13N3S. The Bertz CT molecular complexity index is 688. The van der Waals surface area contributed by atoms with Crippen LogP contribution in [0, 0.1) is 6.92 Å². The van der Waals surface area contributed by atoms with Crippen LogP contribution in [0.15, 0.2) is 47.3 Å². The van der Waals surface area contributed by atoms with E-state index in [1.807, 2.05) is 29.0 Å². The number of benzene rings is 1. The molecule has 1 aromatic carbocycles. The summed E-state index contributed by atoms with van der Waals surface area (Å²) < 4.78 is 0. The second kappa shape index (κ2) is 4.82. The number of rotatable bonds is 2. The summed E-state index contributed by atoms with van der Waals surface area (Å²) in [6, 6.07) is 10.2. The molecule has 2 heterocycles. The molecule has 19 heavy (non-hydrogen) atoms. The topological polar surface area (TPSA) is 51.8 Å². The molecule has 3 rings (SSSR count). The third kappa shape index (κ3) is 2.35. The molecule has 0 aliphatic carbocycles. The lowest BCUT2D eigenvalue weighted by atomic mass is 10.1. The van der Waals surface area contributed by atoms with E-state index in [2.05, 4.69) is 29.0 Å². The highest BCUT2D eigenvalue weighted by atomic mass is 32.1. The lowest BCUT2D eigenvalue weighted by Crippen LogP contribution is -1.98. The van der Waals surface area contributed by atoms with Crippen molar-refractivity contribution in [2.75, 3.05) is 5.73 Å². The van der Waals surface area contributed by atoms with E-state index in [1.54, 1.807) is 17.5 Å². The Morgan fingerprint density at radius 1 is 1.05 bits per heavy atom. The van der Waals surface area contributed by atoms with Gasteiger partial charge in [-0.3, -0.25) is 0 Å². The first kappa shape index (κ1) is 11.9. The van der Waals surface area contributed by atoms with Crippen molar-refractivity contribution in [1.82, 2.24) is 9.97 Å². The molecule has 0 saturated heterocycles. The summed E-state index contributed by atoms with van der Waals surface area (Å²) in [6.07, 6.45) is 1.72. The van der Waals surface area contributed by atoms with Crippen LogP contribution in [-0.4, -0.2) is 9.97 Å². The second-order valence-electron chi connectivity index (χ2n) is 4.37. The molecule has 0 amide bonds. The lowest BCUT2D eigenvalue weighted by Gasteiger charge is -2.06. The number of aryl methyl sites for hydroxylation is 1. The Labute approximate surface area is 115 Å². The van der Waals surface area contributed by atoms with Gasteiger partial charge in [-0.25, -0.2) is 9.97 Å². The van der Waals surface area contributed by atoms with Crippen molar-refractivity contribution in [1.29, 1.82) is 0 Å². The van der Waals surface area contributed by atoms with Gasteiger partial charge in [0.1, 0.15) is 11.5 Å². The van der Waals surface area contributed by atoms with Gasteiger partial charge < -0.3 is 5.73 Å². The number of hydrogen-bond acceptors (Lipinski definition) is 4. The molecule has 0 unspecified atom stereocenters. The van der Waals surface area contributed by atoms with E-state index in [0.29, 0.717) is 5.82 Å². The summed E-state index contributed by atoms with van der Waals surface area (Å²) in [5.41, 5.74) is 10.8. The molecule has 2 N–H and O–H groups in total. The summed E-state index contributed by atoms with van der Waals surface area (Å²) >= 11 is 1.62. The Hall–Kier alpha value is -2.20. The largest absolute Gasteiger partial charge is 0.382 e. The average Bonchev–Trinajstić information content (AvgIpc) is 2.94. The minimum atomic E-state index is 0.467. The molecule has 3 nitrogen and oxygen atoms in total. The van der Waals surface area contributed by atoms with Crippen LogP contribution in [0.3, 0.4) is 0 Å². The van der Waals surface area contributed by atoms with E-state index in [-0.39, 0.29) is 0 Å². The fraction of sp³-hybridized carbons (Fsp3) is 0.0667. The van der Waals surface area contributed by atoms with Gasteiger partial charge in [0, 0.05) is 16.5 Å². The van der Waals surface area contributed by atoms with E-state index in [1.165, 1.54) is 5.56 Å². The van der Waals surface area contributed by atoms with Gasteiger partial charge in [0.15, 0.2) is 0 Å². The van der Waals surface area contributed by atoms with Gasteiger partial charge >= 0.3 is 0 Å². The van der Waals surface area contributed by atoms with Crippen molar-refractivity contribution in [3.05, 3.63) is 52.9 Å². The lowest BCUT2D eigenvalue weighted by molar-refractivity contribution is 1.22. The molecule has 0 aliphatic heterocycles. The number of aromatic nitrogens is 2. The second-order valence-corrected chi connectivity index (χ2v) is 5.15. The number of nitrogen functional groups attached to an aromatic ring is 1. The van der Waals surface area contributed by atoms with Crippen LogP contribution in [0.5, 0.6) is 0 Å². The minimum absolute atomic E-state index is 0.467. The van der Waals surface area contributed by atoms with Crippen LogP contribution >= 0.6 is 11.3 Å². The molecule has 0 atom stereocenters. The predicted octanol–water partition coefficient (Wildman–Crippen LogP) is 3.76. The van der Waals surface area contributed by atoms with Crippen molar-refractivity contribution < 1.29 is 0 Å². The molecule has 2 aromatic heterocycles. The predicted molar refractivity (Wildman–Crippen MR) is 79.9 cm³/mol. The summed E-state index contributed by atoms with van der Waals surface area (Å²) in [6.45, 7) is 2.06.